The van der Waals surface area contributed by atoms with Gasteiger partial charge in [0.15, 0.2) is 17.3 Å². The lowest BCUT2D eigenvalue weighted by Gasteiger charge is -2.26. The first-order valence-corrected chi connectivity index (χ1v) is 14.0. The lowest BCUT2D eigenvalue weighted by atomic mass is 10.0. The number of pyridine rings is 1. The maximum atomic E-state index is 14.2. The van der Waals surface area contributed by atoms with E-state index in [0.29, 0.717) is 40.4 Å². The number of anilines is 4. The summed E-state index contributed by atoms with van der Waals surface area (Å²) in [6.45, 7) is 7.38. The van der Waals surface area contributed by atoms with Gasteiger partial charge in [0.1, 0.15) is 17.2 Å². The molecule has 4 aromatic rings. The molecule has 2 N–H and O–H groups in total. The first-order valence-electron chi connectivity index (χ1n) is 14.0. The van der Waals surface area contributed by atoms with Crippen molar-refractivity contribution in [2.24, 2.45) is 18.9 Å². The molecule has 2 aliphatic rings. The van der Waals surface area contributed by atoms with E-state index in [-0.39, 0.29) is 29.0 Å². The molecule has 44 heavy (non-hydrogen) atoms. The van der Waals surface area contributed by atoms with Crippen LogP contribution in [0.4, 0.5) is 31.8 Å². The third-order valence-corrected chi connectivity index (χ3v) is 8.05. The summed E-state index contributed by atoms with van der Waals surface area (Å²) >= 11 is 0. The fraction of sp³-hybridized carbons (Fsp3) is 0.290. The molecule has 4 heterocycles. The summed E-state index contributed by atoms with van der Waals surface area (Å²) in [7, 11) is 5.18. The first kappa shape index (κ1) is 29.1. The van der Waals surface area contributed by atoms with Gasteiger partial charge in [-0.1, -0.05) is 6.58 Å². The Morgan fingerprint density at radius 2 is 1.77 bits per heavy atom. The summed E-state index contributed by atoms with van der Waals surface area (Å²) < 4.78 is 39.9. The number of likely N-dealkylation sites (tertiary alicyclic amines) is 1. The van der Waals surface area contributed by atoms with Crippen molar-refractivity contribution < 1.29 is 23.0 Å². The van der Waals surface area contributed by atoms with Gasteiger partial charge in [0, 0.05) is 56.9 Å². The number of nitrogens with zero attached hydrogens (tertiary/aromatic N) is 5. The van der Waals surface area contributed by atoms with Crippen LogP contribution in [0.25, 0.3) is 11.0 Å². The minimum absolute atomic E-state index is 0.163. The summed E-state index contributed by atoms with van der Waals surface area (Å²) in [6, 6.07) is 7.85. The standard InChI is InChI=1S/C31H31F2N7O4/c1-5-28(41)35-22-10-23(26(43-4)11-24(22)40-15-18-13-38(2)14-19(18)16-40)36-31-34-12-17-8-27(30(42)39(3)29(17)37-31)44-25-7-6-20(32)9-21(25)33/h5-12,18-19H,1,13-16H2,2-4H3,(H,35,41)(H,34,36,37)/t18-,19+. The van der Waals surface area contributed by atoms with Crippen molar-refractivity contribution in [3.8, 4) is 17.2 Å². The van der Waals surface area contributed by atoms with Crippen LogP contribution in [-0.4, -0.2) is 65.7 Å². The first-order chi connectivity index (χ1) is 21.1. The number of rotatable bonds is 8. The highest BCUT2D eigenvalue weighted by molar-refractivity contribution is 6.02. The Labute approximate surface area is 251 Å². The zero-order chi connectivity index (χ0) is 31.1. The molecule has 2 saturated heterocycles. The molecular formula is C31H31F2N7O4. The smallest absolute Gasteiger partial charge is 0.294 e. The van der Waals surface area contributed by atoms with E-state index in [2.05, 4.69) is 44.0 Å². The predicted octanol–water partition coefficient (Wildman–Crippen LogP) is 4.27. The zero-order valence-corrected chi connectivity index (χ0v) is 24.4. The zero-order valence-electron chi connectivity index (χ0n) is 24.4. The van der Waals surface area contributed by atoms with Crippen molar-refractivity contribution in [2.75, 3.05) is 55.9 Å². The number of hydrogen-bond donors (Lipinski definition) is 2. The SMILES string of the molecule is C=CC(=O)Nc1cc(Nc2ncc3cc(Oc4ccc(F)cc4F)c(=O)n(C)c3n2)c(OC)cc1N1C[C@H]2CN(C)C[C@H]2C1. The third-order valence-electron chi connectivity index (χ3n) is 8.05. The van der Waals surface area contributed by atoms with Gasteiger partial charge in [-0.3, -0.25) is 14.2 Å². The molecule has 0 unspecified atom stereocenters. The van der Waals surface area contributed by atoms with Gasteiger partial charge in [-0.2, -0.15) is 4.98 Å². The molecule has 2 aromatic heterocycles. The van der Waals surface area contributed by atoms with E-state index in [1.54, 1.807) is 13.2 Å². The second-order valence-corrected chi connectivity index (χ2v) is 11.1. The Kier molecular flexibility index (Phi) is 7.64. The third kappa shape index (κ3) is 5.53. The number of methoxy groups -OCH3 is 1. The quantitative estimate of drug-likeness (QED) is 0.285. The number of aryl methyl sites for hydroxylation is 1. The van der Waals surface area contributed by atoms with Gasteiger partial charge in [-0.05, 0) is 49.2 Å². The summed E-state index contributed by atoms with van der Waals surface area (Å²) in [5.41, 5.74) is 1.61. The highest BCUT2D eigenvalue weighted by Gasteiger charge is 2.39. The van der Waals surface area contributed by atoms with E-state index in [4.69, 9.17) is 9.47 Å². The van der Waals surface area contributed by atoms with Crippen LogP contribution >= 0.6 is 0 Å². The van der Waals surface area contributed by atoms with E-state index < -0.39 is 17.2 Å². The molecule has 2 atom stereocenters. The van der Waals surface area contributed by atoms with Crippen LogP contribution < -0.4 is 30.6 Å². The second-order valence-electron chi connectivity index (χ2n) is 11.1. The highest BCUT2D eigenvalue weighted by Crippen LogP contribution is 2.42. The molecule has 13 heteroatoms. The molecular weight excluding hydrogens is 572 g/mol. The average Bonchev–Trinajstić information content (AvgIpc) is 3.55. The van der Waals surface area contributed by atoms with Crippen LogP contribution in [0.1, 0.15) is 0 Å². The minimum atomic E-state index is -0.938. The Bertz CT molecular complexity index is 1830. The average molecular weight is 604 g/mol. The van der Waals surface area contributed by atoms with Crippen molar-refractivity contribution in [1.82, 2.24) is 19.4 Å². The molecule has 6 rings (SSSR count). The van der Waals surface area contributed by atoms with Crippen molar-refractivity contribution >= 4 is 40.0 Å². The molecule has 228 valence electrons. The lowest BCUT2D eigenvalue weighted by molar-refractivity contribution is -0.111. The van der Waals surface area contributed by atoms with Crippen LogP contribution in [0, 0.1) is 23.5 Å². The molecule has 1 amide bonds. The van der Waals surface area contributed by atoms with E-state index in [0.717, 1.165) is 44.0 Å². The molecule has 0 bridgehead atoms. The van der Waals surface area contributed by atoms with Crippen molar-refractivity contribution in [2.45, 2.75) is 0 Å². The van der Waals surface area contributed by atoms with Gasteiger partial charge >= 0.3 is 0 Å². The number of carbonyl (C=O) groups is 1. The van der Waals surface area contributed by atoms with E-state index in [1.165, 1.54) is 30.0 Å². The number of nitrogens with one attached hydrogen (secondary N) is 2. The molecule has 0 saturated carbocycles. The summed E-state index contributed by atoms with van der Waals surface area (Å²) in [6.07, 6.45) is 2.70. The van der Waals surface area contributed by atoms with Crippen LogP contribution in [0.2, 0.25) is 0 Å². The number of amides is 1. The number of fused-ring (bicyclic) bond motifs is 2. The van der Waals surface area contributed by atoms with Crippen LogP contribution in [-0.2, 0) is 11.8 Å². The normalized spacial score (nSPS) is 17.9. The molecule has 0 radical (unpaired) electrons. The van der Waals surface area contributed by atoms with Gasteiger partial charge in [-0.25, -0.2) is 13.8 Å². The number of benzene rings is 2. The Morgan fingerprint density at radius 3 is 2.45 bits per heavy atom. The minimum Gasteiger partial charge on any atom is -0.494 e. The maximum Gasteiger partial charge on any atom is 0.294 e. The van der Waals surface area contributed by atoms with E-state index in [9.17, 15) is 18.4 Å². The topological polar surface area (TPSA) is 114 Å². The van der Waals surface area contributed by atoms with Crippen molar-refractivity contribution in [3.05, 3.63) is 77.2 Å². The Hall–Kier alpha value is -5.04. The molecule has 2 aromatic carbocycles. The maximum absolute atomic E-state index is 14.2. The fourth-order valence-electron chi connectivity index (χ4n) is 5.95. The van der Waals surface area contributed by atoms with Gasteiger partial charge in [0.2, 0.25) is 11.9 Å². The molecule has 2 aliphatic heterocycles. The van der Waals surface area contributed by atoms with Crippen LogP contribution in [0.3, 0.4) is 0 Å². The molecule has 0 spiro atoms. The van der Waals surface area contributed by atoms with E-state index in [1.807, 2.05) is 6.07 Å². The number of halogens is 2. The van der Waals surface area contributed by atoms with Gasteiger partial charge in [-0.15, -0.1) is 0 Å². The summed E-state index contributed by atoms with van der Waals surface area (Å²) in [4.78, 5) is 39.0. The number of ether oxygens (including phenoxy) is 2. The molecule has 0 aliphatic carbocycles. The largest absolute Gasteiger partial charge is 0.494 e. The number of carbonyl (C=O) groups excluding carboxylic acids is 1. The predicted molar refractivity (Wildman–Crippen MR) is 163 cm³/mol. The lowest BCUT2D eigenvalue weighted by Crippen LogP contribution is -2.27. The number of aromatic nitrogens is 3. The number of hydrogen-bond acceptors (Lipinski definition) is 9. The Morgan fingerprint density at radius 1 is 1.02 bits per heavy atom. The molecule has 2 fully saturated rings. The fourth-order valence-corrected chi connectivity index (χ4v) is 5.95. The molecule has 11 nitrogen and oxygen atoms in total. The van der Waals surface area contributed by atoms with Crippen molar-refractivity contribution in [3.63, 3.8) is 0 Å². The van der Waals surface area contributed by atoms with Gasteiger partial charge in [0.05, 0.1) is 24.2 Å². The van der Waals surface area contributed by atoms with Gasteiger partial charge < -0.3 is 29.9 Å². The highest BCUT2D eigenvalue weighted by atomic mass is 19.1. The van der Waals surface area contributed by atoms with Crippen LogP contribution in [0.15, 0.2) is 60.0 Å². The van der Waals surface area contributed by atoms with Crippen molar-refractivity contribution in [1.29, 1.82) is 0 Å². The summed E-state index contributed by atoms with van der Waals surface area (Å²) in [5.74, 6) is -0.750. The van der Waals surface area contributed by atoms with E-state index >= 15 is 0 Å². The van der Waals surface area contributed by atoms with Crippen LogP contribution in [0.5, 0.6) is 17.2 Å². The second kappa shape index (κ2) is 11.6. The van der Waals surface area contributed by atoms with Gasteiger partial charge in [0.25, 0.3) is 5.56 Å². The monoisotopic (exact) mass is 603 g/mol. The summed E-state index contributed by atoms with van der Waals surface area (Å²) in [5, 5.41) is 6.51. The Balaban J connectivity index is 1.32.